The van der Waals surface area contributed by atoms with Crippen LogP contribution >= 0.6 is 11.8 Å². The zero-order chi connectivity index (χ0) is 15.9. The maximum absolute atomic E-state index is 10.5. The Morgan fingerprint density at radius 1 is 1.45 bits per heavy atom. The fourth-order valence-electron chi connectivity index (χ4n) is 1.85. The Hall–Kier alpha value is -2.28. The first-order chi connectivity index (χ1) is 10.6. The number of nitrogens with one attached hydrogen (secondary N) is 1. The second-order valence-electron chi connectivity index (χ2n) is 4.69. The van der Waals surface area contributed by atoms with Crippen LogP contribution in [0.3, 0.4) is 0 Å². The van der Waals surface area contributed by atoms with Gasteiger partial charge in [-0.3, -0.25) is 9.89 Å². The molecule has 0 radical (unpaired) electrons. The third-order valence-electron chi connectivity index (χ3n) is 3.04. The average Bonchev–Trinajstić information content (AvgIpc) is 2.99. The van der Waals surface area contributed by atoms with Gasteiger partial charge in [0.05, 0.1) is 5.75 Å². The summed E-state index contributed by atoms with van der Waals surface area (Å²) in [5, 5.41) is 15.9. The number of carboxylic acids is 1. The number of benzene rings is 1. The highest BCUT2D eigenvalue weighted by Gasteiger charge is 2.08. The van der Waals surface area contributed by atoms with Crippen LogP contribution < -0.4 is 4.90 Å². The van der Waals surface area contributed by atoms with E-state index in [9.17, 15) is 4.79 Å². The molecule has 0 aliphatic heterocycles. The van der Waals surface area contributed by atoms with Crippen molar-refractivity contribution in [2.24, 2.45) is 0 Å². The summed E-state index contributed by atoms with van der Waals surface area (Å²) in [6.45, 7) is 4.64. The predicted octanol–water partition coefficient (Wildman–Crippen LogP) is 2.66. The zero-order valence-corrected chi connectivity index (χ0v) is 13.1. The van der Waals surface area contributed by atoms with Gasteiger partial charge in [0, 0.05) is 24.8 Å². The highest BCUT2D eigenvalue weighted by Crippen LogP contribution is 2.22. The summed E-state index contributed by atoms with van der Waals surface area (Å²) in [6.07, 6.45) is 2.83. The van der Waals surface area contributed by atoms with E-state index in [0.29, 0.717) is 11.0 Å². The highest BCUT2D eigenvalue weighted by molar-refractivity contribution is 7.99. The molecular weight excluding hydrogens is 300 g/mol. The number of hydrogen-bond donors (Lipinski definition) is 2. The lowest BCUT2D eigenvalue weighted by molar-refractivity contribution is -0.133. The fraction of sp³-hybridized carbons (Fsp3) is 0.267. The highest BCUT2D eigenvalue weighted by atomic mass is 32.2. The van der Waals surface area contributed by atoms with E-state index < -0.39 is 5.97 Å². The first-order valence-electron chi connectivity index (χ1n) is 6.79. The van der Waals surface area contributed by atoms with Crippen molar-refractivity contribution in [1.82, 2.24) is 15.2 Å². The summed E-state index contributed by atoms with van der Waals surface area (Å²) >= 11 is 1.09. The van der Waals surface area contributed by atoms with Crippen LogP contribution in [0.1, 0.15) is 6.42 Å². The van der Waals surface area contributed by atoms with Gasteiger partial charge in [-0.25, -0.2) is 4.98 Å². The second-order valence-corrected chi connectivity index (χ2v) is 5.64. The topological polar surface area (TPSA) is 82.1 Å². The summed E-state index contributed by atoms with van der Waals surface area (Å²) in [6, 6.07) is 7.97. The minimum absolute atomic E-state index is 0.0513. The smallest absolute Gasteiger partial charge is 0.313 e. The van der Waals surface area contributed by atoms with E-state index in [-0.39, 0.29) is 5.75 Å². The molecule has 116 valence electrons. The molecule has 1 aromatic heterocycles. The summed E-state index contributed by atoms with van der Waals surface area (Å²) in [4.78, 5) is 17.0. The molecule has 0 aliphatic carbocycles. The molecule has 1 heterocycles. The molecule has 0 fully saturated rings. The number of carboxylic acid groups (broad SMARTS) is 1. The fourth-order valence-corrected chi connectivity index (χ4v) is 2.37. The van der Waals surface area contributed by atoms with Gasteiger partial charge >= 0.3 is 5.97 Å². The number of aromatic amines is 1. The molecule has 0 saturated heterocycles. The third kappa shape index (κ3) is 4.36. The maximum atomic E-state index is 10.5. The molecule has 7 heteroatoms. The van der Waals surface area contributed by atoms with Gasteiger partial charge in [-0.05, 0) is 30.7 Å². The Bertz CT molecular complexity index is 639. The van der Waals surface area contributed by atoms with Crippen molar-refractivity contribution in [3.05, 3.63) is 36.9 Å². The van der Waals surface area contributed by atoms with E-state index in [4.69, 9.17) is 5.11 Å². The van der Waals surface area contributed by atoms with E-state index in [1.54, 1.807) is 0 Å². The molecule has 0 spiro atoms. The molecule has 22 heavy (non-hydrogen) atoms. The van der Waals surface area contributed by atoms with Crippen molar-refractivity contribution in [1.29, 1.82) is 0 Å². The van der Waals surface area contributed by atoms with Crippen LogP contribution in [0.25, 0.3) is 11.4 Å². The van der Waals surface area contributed by atoms with Gasteiger partial charge < -0.3 is 10.0 Å². The molecule has 0 atom stereocenters. The van der Waals surface area contributed by atoms with Crippen LogP contribution in [0.4, 0.5) is 5.69 Å². The van der Waals surface area contributed by atoms with Gasteiger partial charge in [-0.1, -0.05) is 17.8 Å². The second kappa shape index (κ2) is 7.65. The van der Waals surface area contributed by atoms with Gasteiger partial charge in [0.25, 0.3) is 0 Å². The lowest BCUT2D eigenvalue weighted by Gasteiger charge is -2.18. The van der Waals surface area contributed by atoms with E-state index >= 15 is 0 Å². The molecule has 2 N–H and O–H groups in total. The number of hydrogen-bond acceptors (Lipinski definition) is 5. The van der Waals surface area contributed by atoms with E-state index in [2.05, 4.69) is 26.7 Å². The first-order valence-corrected chi connectivity index (χ1v) is 7.78. The molecule has 0 amide bonds. The minimum Gasteiger partial charge on any atom is -0.481 e. The Labute approximate surface area is 133 Å². The van der Waals surface area contributed by atoms with Crippen molar-refractivity contribution >= 4 is 23.4 Å². The number of nitrogens with zero attached hydrogens (tertiary/aromatic N) is 3. The average molecular weight is 318 g/mol. The Balaban J connectivity index is 2.03. The molecule has 2 aromatic rings. The number of aromatic nitrogens is 3. The van der Waals surface area contributed by atoms with Crippen molar-refractivity contribution in [2.75, 3.05) is 24.2 Å². The maximum Gasteiger partial charge on any atom is 0.313 e. The van der Waals surface area contributed by atoms with E-state index in [0.717, 1.165) is 36.0 Å². The van der Waals surface area contributed by atoms with Crippen molar-refractivity contribution in [3.8, 4) is 11.4 Å². The zero-order valence-electron chi connectivity index (χ0n) is 12.3. The Morgan fingerprint density at radius 3 is 2.82 bits per heavy atom. The van der Waals surface area contributed by atoms with Gasteiger partial charge in [0.1, 0.15) is 0 Å². The monoisotopic (exact) mass is 318 g/mol. The Kier molecular flexibility index (Phi) is 5.60. The van der Waals surface area contributed by atoms with Crippen LogP contribution in [-0.2, 0) is 4.79 Å². The number of aliphatic carboxylic acids is 1. The van der Waals surface area contributed by atoms with Gasteiger partial charge in [-0.15, -0.1) is 11.7 Å². The van der Waals surface area contributed by atoms with Crippen molar-refractivity contribution in [3.63, 3.8) is 0 Å². The normalized spacial score (nSPS) is 10.4. The van der Waals surface area contributed by atoms with Crippen molar-refractivity contribution < 1.29 is 9.90 Å². The van der Waals surface area contributed by atoms with Crippen LogP contribution in [0.5, 0.6) is 0 Å². The van der Waals surface area contributed by atoms with E-state index in [1.165, 1.54) is 0 Å². The minimum atomic E-state index is -0.886. The molecule has 0 saturated carbocycles. The van der Waals surface area contributed by atoms with E-state index in [1.807, 2.05) is 37.4 Å². The number of rotatable bonds is 8. The quantitative estimate of drug-likeness (QED) is 0.575. The van der Waals surface area contributed by atoms with Gasteiger partial charge in [0.15, 0.2) is 5.82 Å². The third-order valence-corrected chi connectivity index (χ3v) is 3.87. The summed E-state index contributed by atoms with van der Waals surface area (Å²) in [5.74, 6) is -0.305. The largest absolute Gasteiger partial charge is 0.481 e. The molecule has 1 aromatic carbocycles. The SMILES string of the molecule is C=CCCN(C)c1ccc(-c2nc(SCC(=O)O)n[nH]2)cc1. The summed E-state index contributed by atoms with van der Waals surface area (Å²) in [5.41, 5.74) is 2.03. The van der Waals surface area contributed by atoms with Crippen LogP contribution in [0.15, 0.2) is 42.1 Å². The lowest BCUT2D eigenvalue weighted by Crippen LogP contribution is -2.17. The lowest BCUT2D eigenvalue weighted by atomic mass is 10.2. The van der Waals surface area contributed by atoms with Crippen LogP contribution in [-0.4, -0.2) is 45.6 Å². The molecular formula is C15H18N4O2S. The number of H-pyrrole nitrogens is 1. The molecule has 2 rings (SSSR count). The first kappa shape index (κ1) is 16.1. The predicted molar refractivity (Wildman–Crippen MR) is 88.3 cm³/mol. The van der Waals surface area contributed by atoms with Gasteiger partial charge in [0.2, 0.25) is 5.16 Å². The van der Waals surface area contributed by atoms with Crippen molar-refractivity contribution in [2.45, 2.75) is 11.6 Å². The molecule has 0 aliphatic rings. The van der Waals surface area contributed by atoms with Crippen LogP contribution in [0, 0.1) is 0 Å². The number of thioether (sulfide) groups is 1. The van der Waals surface area contributed by atoms with Crippen LogP contribution in [0.2, 0.25) is 0 Å². The standard InChI is InChI=1S/C15H18N4O2S/c1-3-4-9-19(2)12-7-5-11(6-8-12)14-16-15(18-17-14)22-10-13(20)21/h3,5-8H,1,4,9-10H2,2H3,(H,20,21)(H,16,17,18). The molecule has 6 nitrogen and oxygen atoms in total. The number of anilines is 1. The summed E-state index contributed by atoms with van der Waals surface area (Å²) in [7, 11) is 2.04. The number of carbonyl (C=O) groups is 1. The molecule has 0 unspecified atom stereocenters. The summed E-state index contributed by atoms with van der Waals surface area (Å²) < 4.78 is 0. The Morgan fingerprint density at radius 2 is 2.18 bits per heavy atom. The molecule has 0 bridgehead atoms. The van der Waals surface area contributed by atoms with Gasteiger partial charge in [-0.2, -0.15) is 0 Å².